The Bertz CT molecular complexity index is 944. The van der Waals surface area contributed by atoms with E-state index in [4.69, 9.17) is 19.8 Å². The molecule has 2 heterocycles. The first-order chi connectivity index (χ1) is 15.9. The SMILES string of the molecule is O=C(O)C(=O)O.O=C(c1ccccc1F)N1CCC(N2CCN(c3ccccc3)CC2)CC1. The maximum absolute atomic E-state index is 13.9. The molecule has 2 saturated heterocycles. The van der Waals surface area contributed by atoms with E-state index in [2.05, 4.69) is 40.1 Å². The van der Waals surface area contributed by atoms with Crippen LogP contribution in [0.3, 0.4) is 0 Å². The van der Waals surface area contributed by atoms with E-state index in [1.807, 2.05) is 0 Å². The molecule has 0 saturated carbocycles. The van der Waals surface area contributed by atoms with E-state index in [1.54, 1.807) is 23.1 Å². The van der Waals surface area contributed by atoms with Crippen molar-refractivity contribution in [1.82, 2.24) is 9.80 Å². The number of benzene rings is 2. The third-order valence-corrected chi connectivity index (χ3v) is 5.99. The predicted octanol–water partition coefficient (Wildman–Crippen LogP) is 2.41. The first-order valence-corrected chi connectivity index (χ1v) is 10.9. The summed E-state index contributed by atoms with van der Waals surface area (Å²) in [6.45, 7) is 5.60. The Labute approximate surface area is 191 Å². The minimum atomic E-state index is -1.82. The van der Waals surface area contributed by atoms with Crippen molar-refractivity contribution in [2.24, 2.45) is 0 Å². The number of para-hydroxylation sites is 1. The third kappa shape index (κ3) is 6.52. The van der Waals surface area contributed by atoms with Crippen LogP contribution in [0, 0.1) is 5.82 Å². The number of anilines is 1. The van der Waals surface area contributed by atoms with Crippen molar-refractivity contribution < 1.29 is 29.0 Å². The number of piperidine rings is 1. The molecule has 0 bridgehead atoms. The standard InChI is InChI=1S/C22H26FN3O.C2H2O4/c23-21-9-5-4-8-20(21)22(27)26-12-10-19(11-13-26)25-16-14-24(15-17-25)18-6-2-1-3-7-18;3-1(4)2(5)6/h1-9,19H,10-17H2;(H,3,4)(H,5,6). The van der Waals surface area contributed by atoms with Crippen molar-refractivity contribution in [1.29, 1.82) is 0 Å². The number of carbonyl (C=O) groups excluding carboxylic acids is 1. The highest BCUT2D eigenvalue weighted by Crippen LogP contribution is 2.22. The number of hydrogen-bond donors (Lipinski definition) is 2. The van der Waals surface area contributed by atoms with Crippen molar-refractivity contribution in [3.63, 3.8) is 0 Å². The van der Waals surface area contributed by atoms with Crippen LogP contribution in [-0.4, -0.2) is 83.2 Å². The number of carbonyl (C=O) groups is 3. The third-order valence-electron chi connectivity index (χ3n) is 5.99. The smallest absolute Gasteiger partial charge is 0.414 e. The second-order valence-corrected chi connectivity index (χ2v) is 7.97. The van der Waals surface area contributed by atoms with Gasteiger partial charge in [-0.15, -0.1) is 0 Å². The molecule has 2 aliphatic heterocycles. The predicted molar refractivity (Wildman–Crippen MR) is 121 cm³/mol. The number of amides is 1. The highest BCUT2D eigenvalue weighted by molar-refractivity contribution is 6.27. The number of hydrogen-bond acceptors (Lipinski definition) is 5. The zero-order valence-corrected chi connectivity index (χ0v) is 18.3. The summed E-state index contributed by atoms with van der Waals surface area (Å²) < 4.78 is 13.9. The minimum Gasteiger partial charge on any atom is -0.473 e. The molecule has 8 nitrogen and oxygen atoms in total. The van der Waals surface area contributed by atoms with Gasteiger partial charge in [0.05, 0.1) is 5.56 Å². The van der Waals surface area contributed by atoms with Gasteiger partial charge < -0.3 is 20.0 Å². The van der Waals surface area contributed by atoms with Gasteiger partial charge in [-0.25, -0.2) is 14.0 Å². The summed E-state index contributed by atoms with van der Waals surface area (Å²) in [4.78, 5) is 37.6. The van der Waals surface area contributed by atoms with Gasteiger partial charge in [-0.3, -0.25) is 9.69 Å². The van der Waals surface area contributed by atoms with Crippen LogP contribution >= 0.6 is 0 Å². The molecule has 0 aliphatic carbocycles. The molecule has 0 aromatic heterocycles. The largest absolute Gasteiger partial charge is 0.473 e. The van der Waals surface area contributed by atoms with Gasteiger partial charge in [0.1, 0.15) is 5.82 Å². The van der Waals surface area contributed by atoms with Gasteiger partial charge in [0.25, 0.3) is 5.91 Å². The molecule has 4 rings (SSSR count). The second-order valence-electron chi connectivity index (χ2n) is 7.97. The number of carboxylic acid groups (broad SMARTS) is 2. The number of carboxylic acids is 2. The summed E-state index contributed by atoms with van der Waals surface area (Å²) in [6.07, 6.45) is 1.93. The van der Waals surface area contributed by atoms with Gasteiger partial charge in [-0.1, -0.05) is 30.3 Å². The summed E-state index contributed by atoms with van der Waals surface area (Å²) in [5, 5.41) is 14.8. The minimum absolute atomic E-state index is 0.180. The molecule has 2 N–H and O–H groups in total. The first-order valence-electron chi connectivity index (χ1n) is 10.9. The Morgan fingerprint density at radius 2 is 1.30 bits per heavy atom. The van der Waals surface area contributed by atoms with Gasteiger partial charge in [-0.2, -0.15) is 0 Å². The summed E-state index contributed by atoms with van der Waals surface area (Å²) in [5.41, 5.74) is 1.48. The van der Waals surface area contributed by atoms with Gasteiger partial charge in [0, 0.05) is 51.0 Å². The summed E-state index contributed by atoms with van der Waals surface area (Å²) >= 11 is 0. The van der Waals surface area contributed by atoms with Crippen LogP contribution in [0.1, 0.15) is 23.2 Å². The molecule has 2 aromatic carbocycles. The average Bonchev–Trinajstić information content (AvgIpc) is 2.85. The Balaban J connectivity index is 0.000000454. The van der Waals surface area contributed by atoms with Crippen molar-refractivity contribution in [3.8, 4) is 0 Å². The Hall–Kier alpha value is -3.46. The lowest BCUT2D eigenvalue weighted by Crippen LogP contribution is -2.53. The summed E-state index contributed by atoms with van der Waals surface area (Å²) in [6, 6.07) is 17.4. The molecule has 9 heteroatoms. The lowest BCUT2D eigenvalue weighted by molar-refractivity contribution is -0.159. The van der Waals surface area contributed by atoms with Crippen LogP contribution in [0.2, 0.25) is 0 Å². The van der Waals surface area contributed by atoms with Crippen LogP contribution in [0.25, 0.3) is 0 Å². The highest BCUT2D eigenvalue weighted by Gasteiger charge is 2.30. The van der Waals surface area contributed by atoms with Gasteiger partial charge >= 0.3 is 11.9 Å². The molecule has 1 amide bonds. The van der Waals surface area contributed by atoms with E-state index in [1.165, 1.54) is 11.8 Å². The van der Waals surface area contributed by atoms with Gasteiger partial charge in [0.2, 0.25) is 0 Å². The van der Waals surface area contributed by atoms with Gasteiger partial charge in [0.15, 0.2) is 0 Å². The summed E-state index contributed by atoms with van der Waals surface area (Å²) in [5.74, 6) is -4.26. The number of piperazine rings is 1. The monoisotopic (exact) mass is 457 g/mol. The lowest BCUT2D eigenvalue weighted by Gasteiger charge is -2.43. The fraction of sp³-hybridized carbons (Fsp3) is 0.375. The number of halogens is 1. The van der Waals surface area contributed by atoms with Crippen LogP contribution in [0.5, 0.6) is 0 Å². The normalized spacial score (nSPS) is 17.1. The lowest BCUT2D eigenvalue weighted by atomic mass is 10.0. The van der Waals surface area contributed by atoms with Crippen molar-refractivity contribution in [2.45, 2.75) is 18.9 Å². The van der Waals surface area contributed by atoms with Crippen LogP contribution < -0.4 is 4.90 Å². The molecule has 2 aromatic rings. The zero-order valence-electron chi connectivity index (χ0n) is 18.3. The molecular weight excluding hydrogens is 429 g/mol. The van der Waals surface area contributed by atoms with Crippen molar-refractivity contribution >= 4 is 23.5 Å². The molecule has 33 heavy (non-hydrogen) atoms. The van der Waals surface area contributed by atoms with E-state index in [0.717, 1.165) is 39.0 Å². The molecule has 0 radical (unpaired) electrons. The van der Waals surface area contributed by atoms with E-state index >= 15 is 0 Å². The fourth-order valence-corrected chi connectivity index (χ4v) is 4.22. The fourth-order valence-electron chi connectivity index (χ4n) is 4.22. The van der Waals surface area contributed by atoms with E-state index in [0.29, 0.717) is 19.1 Å². The Morgan fingerprint density at radius 1 is 0.758 bits per heavy atom. The number of rotatable bonds is 3. The Kier molecular flexibility index (Phi) is 8.37. The van der Waals surface area contributed by atoms with Crippen molar-refractivity contribution in [3.05, 3.63) is 66.0 Å². The molecule has 0 spiro atoms. The zero-order chi connectivity index (χ0) is 23.8. The molecule has 176 valence electrons. The van der Waals surface area contributed by atoms with Crippen molar-refractivity contribution in [2.75, 3.05) is 44.2 Å². The first kappa shape index (κ1) is 24.2. The molecule has 0 atom stereocenters. The second kappa shape index (κ2) is 11.4. The summed E-state index contributed by atoms with van der Waals surface area (Å²) in [7, 11) is 0. The number of aliphatic carboxylic acids is 2. The van der Waals surface area contributed by atoms with E-state index < -0.39 is 17.8 Å². The average molecular weight is 458 g/mol. The quantitative estimate of drug-likeness (QED) is 0.683. The molecule has 0 unspecified atom stereocenters. The number of likely N-dealkylation sites (tertiary alicyclic amines) is 1. The maximum atomic E-state index is 13.9. The van der Waals surface area contributed by atoms with Crippen LogP contribution in [-0.2, 0) is 9.59 Å². The van der Waals surface area contributed by atoms with Gasteiger partial charge in [-0.05, 0) is 37.1 Å². The van der Waals surface area contributed by atoms with Crippen LogP contribution in [0.15, 0.2) is 54.6 Å². The van der Waals surface area contributed by atoms with E-state index in [-0.39, 0.29) is 11.5 Å². The Morgan fingerprint density at radius 3 is 1.85 bits per heavy atom. The van der Waals surface area contributed by atoms with Crippen LogP contribution in [0.4, 0.5) is 10.1 Å². The highest BCUT2D eigenvalue weighted by atomic mass is 19.1. The maximum Gasteiger partial charge on any atom is 0.414 e. The molecular formula is C24H28FN3O5. The van der Waals surface area contributed by atoms with E-state index in [9.17, 15) is 9.18 Å². The molecule has 2 aliphatic rings. The number of nitrogens with zero attached hydrogens (tertiary/aromatic N) is 3. The molecule has 2 fully saturated rings. The topological polar surface area (TPSA) is 101 Å².